The second-order valence-corrected chi connectivity index (χ2v) is 7.89. The van der Waals surface area contributed by atoms with Gasteiger partial charge >= 0.3 is 0 Å². The molecule has 1 aromatic carbocycles. The molecule has 3 rings (SSSR count). The van der Waals surface area contributed by atoms with E-state index in [0.717, 1.165) is 74.7 Å². The van der Waals surface area contributed by atoms with Gasteiger partial charge in [-0.05, 0) is 24.7 Å². The summed E-state index contributed by atoms with van der Waals surface area (Å²) in [6.45, 7) is 8.21. The van der Waals surface area contributed by atoms with Crippen molar-refractivity contribution in [2.45, 2.75) is 19.9 Å². The van der Waals surface area contributed by atoms with E-state index >= 15 is 0 Å². The fraction of sp³-hybridized carbons (Fsp3) is 0.550. The van der Waals surface area contributed by atoms with Crippen LogP contribution in [0.4, 0.5) is 9.52 Å². The number of nitrogens with zero attached hydrogens (tertiary/aromatic N) is 6. The summed E-state index contributed by atoms with van der Waals surface area (Å²) >= 11 is 1.49. The van der Waals surface area contributed by atoms with E-state index in [1.54, 1.807) is 0 Å². The lowest BCUT2D eigenvalue weighted by molar-refractivity contribution is 0.324. The highest BCUT2D eigenvalue weighted by Crippen LogP contribution is 2.19. The molecule has 1 fully saturated rings. The summed E-state index contributed by atoms with van der Waals surface area (Å²) < 4.78 is 17.4. The number of aromatic nitrogens is 2. The van der Waals surface area contributed by atoms with Crippen LogP contribution in [-0.4, -0.2) is 78.5 Å². The highest BCUT2D eigenvalue weighted by molar-refractivity contribution is 14.0. The van der Waals surface area contributed by atoms with E-state index < -0.39 is 0 Å². The first-order valence-electron chi connectivity index (χ1n) is 10.0. The molecule has 1 aromatic heterocycles. The average molecular weight is 547 g/mol. The number of likely N-dealkylation sites (N-methyl/N-ethyl adjacent to an activating group) is 1. The van der Waals surface area contributed by atoms with Crippen molar-refractivity contribution < 1.29 is 4.39 Å². The predicted molar refractivity (Wildman–Crippen MR) is 133 cm³/mol. The molecule has 1 aliphatic heterocycles. The average Bonchev–Trinajstić information content (AvgIpc) is 3.22. The number of hydrogen-bond acceptors (Lipinski definition) is 6. The van der Waals surface area contributed by atoms with E-state index in [2.05, 4.69) is 48.3 Å². The van der Waals surface area contributed by atoms with Gasteiger partial charge < -0.3 is 20.0 Å². The highest BCUT2D eigenvalue weighted by atomic mass is 127. The number of nitrogens with one attached hydrogen (secondary N) is 1. The Morgan fingerprint density at radius 2 is 1.93 bits per heavy atom. The fourth-order valence-electron chi connectivity index (χ4n) is 3.30. The van der Waals surface area contributed by atoms with Gasteiger partial charge in [0.25, 0.3) is 0 Å². The number of piperazine rings is 1. The van der Waals surface area contributed by atoms with Crippen LogP contribution in [0.3, 0.4) is 0 Å². The first-order valence-corrected chi connectivity index (χ1v) is 10.8. The monoisotopic (exact) mass is 547 g/mol. The molecule has 166 valence electrons. The molecule has 1 aliphatic rings. The predicted octanol–water partition coefficient (Wildman–Crippen LogP) is 2.69. The first-order chi connectivity index (χ1) is 14.1. The first kappa shape index (κ1) is 24.7. The Morgan fingerprint density at radius 1 is 1.23 bits per heavy atom. The third kappa shape index (κ3) is 7.02. The molecule has 2 heterocycles. The Labute approximate surface area is 199 Å². The van der Waals surface area contributed by atoms with Crippen molar-refractivity contribution in [3.8, 4) is 0 Å². The van der Waals surface area contributed by atoms with E-state index in [9.17, 15) is 4.39 Å². The highest BCUT2D eigenvalue weighted by Gasteiger charge is 2.21. The molecule has 1 N–H and O–H groups in total. The molecule has 0 atom stereocenters. The van der Waals surface area contributed by atoms with Crippen LogP contribution in [0, 0.1) is 5.82 Å². The molecule has 10 heteroatoms. The molecule has 0 spiro atoms. The Kier molecular flexibility index (Phi) is 10.2. The molecular formula is C20H31FIN7S. The van der Waals surface area contributed by atoms with Crippen LogP contribution in [0.15, 0.2) is 29.3 Å². The molecule has 0 radical (unpaired) electrons. The number of aryl methyl sites for hydroxylation is 1. The van der Waals surface area contributed by atoms with Gasteiger partial charge in [-0.25, -0.2) is 9.37 Å². The van der Waals surface area contributed by atoms with E-state index in [1.807, 2.05) is 19.2 Å². The van der Waals surface area contributed by atoms with E-state index in [-0.39, 0.29) is 29.8 Å². The molecule has 0 amide bonds. The molecular weight excluding hydrogens is 516 g/mol. The summed E-state index contributed by atoms with van der Waals surface area (Å²) in [6.07, 6.45) is 0.878. The van der Waals surface area contributed by atoms with Crippen LogP contribution in [0.1, 0.15) is 18.3 Å². The van der Waals surface area contributed by atoms with Crippen molar-refractivity contribution in [1.82, 2.24) is 24.5 Å². The van der Waals surface area contributed by atoms with Gasteiger partial charge in [0, 0.05) is 70.8 Å². The maximum absolute atomic E-state index is 13.0. The number of aliphatic imine (C=N–C) groups is 1. The van der Waals surface area contributed by atoms with Gasteiger partial charge in [0.05, 0.1) is 0 Å². The van der Waals surface area contributed by atoms with Crippen LogP contribution in [-0.2, 0) is 13.0 Å². The lowest BCUT2D eigenvalue weighted by Gasteiger charge is -2.36. The van der Waals surface area contributed by atoms with Gasteiger partial charge in [0.1, 0.15) is 11.6 Å². The number of anilines is 1. The van der Waals surface area contributed by atoms with Crippen molar-refractivity contribution in [3.05, 3.63) is 41.5 Å². The van der Waals surface area contributed by atoms with Crippen molar-refractivity contribution >= 4 is 46.6 Å². The van der Waals surface area contributed by atoms with Gasteiger partial charge in [-0.3, -0.25) is 4.99 Å². The zero-order chi connectivity index (χ0) is 20.6. The number of benzene rings is 1. The van der Waals surface area contributed by atoms with Crippen molar-refractivity contribution in [1.29, 1.82) is 0 Å². The van der Waals surface area contributed by atoms with Gasteiger partial charge in [0.15, 0.2) is 5.96 Å². The fourth-order valence-corrected chi connectivity index (χ4v) is 4.10. The zero-order valence-corrected chi connectivity index (χ0v) is 21.0. The number of hydrogen-bond donors (Lipinski definition) is 1. The van der Waals surface area contributed by atoms with Crippen LogP contribution < -0.4 is 10.2 Å². The quantitative estimate of drug-likeness (QED) is 0.327. The van der Waals surface area contributed by atoms with Crippen molar-refractivity contribution in [2.75, 3.05) is 58.3 Å². The Hall–Kier alpha value is -1.53. The third-order valence-corrected chi connectivity index (χ3v) is 5.79. The molecule has 7 nitrogen and oxygen atoms in total. The summed E-state index contributed by atoms with van der Waals surface area (Å²) in [5.41, 5.74) is 1.11. The van der Waals surface area contributed by atoms with E-state index in [1.165, 1.54) is 23.7 Å². The summed E-state index contributed by atoms with van der Waals surface area (Å²) in [6, 6.07) is 6.68. The van der Waals surface area contributed by atoms with Crippen LogP contribution >= 0.6 is 35.5 Å². The molecule has 0 aliphatic carbocycles. The number of guanidine groups is 1. The number of halogens is 2. The lowest BCUT2D eigenvalue weighted by Crippen LogP contribution is -2.53. The Morgan fingerprint density at radius 3 is 2.53 bits per heavy atom. The van der Waals surface area contributed by atoms with E-state index in [0.29, 0.717) is 0 Å². The van der Waals surface area contributed by atoms with E-state index in [4.69, 9.17) is 0 Å². The maximum Gasteiger partial charge on any atom is 0.205 e. The lowest BCUT2D eigenvalue weighted by atomic mass is 10.2. The Balaban J connectivity index is 0.00000320. The standard InChI is InChI=1S/C20H30FN7S.HI/c1-4-18-24-20(29-25-18)28-13-11-27(12-14-28)19(22-2)23-9-10-26(3)15-16-5-7-17(21)8-6-16;/h5-8H,4,9-15H2,1-3H3,(H,22,23);1H. The minimum atomic E-state index is -0.195. The topological polar surface area (TPSA) is 59.9 Å². The normalized spacial score (nSPS) is 14.8. The Bertz CT molecular complexity index is 791. The summed E-state index contributed by atoms with van der Waals surface area (Å²) in [4.78, 5) is 15.8. The zero-order valence-electron chi connectivity index (χ0n) is 17.8. The SMILES string of the molecule is CCc1nsc(N2CCN(C(=NC)NCCN(C)Cc3ccc(F)cc3)CC2)n1.I. The molecule has 0 bridgehead atoms. The summed E-state index contributed by atoms with van der Waals surface area (Å²) in [7, 11) is 3.90. The summed E-state index contributed by atoms with van der Waals surface area (Å²) in [5, 5.41) is 4.48. The maximum atomic E-state index is 13.0. The molecule has 30 heavy (non-hydrogen) atoms. The number of rotatable bonds is 7. The second kappa shape index (κ2) is 12.4. The third-order valence-electron chi connectivity index (χ3n) is 4.98. The molecule has 0 saturated carbocycles. The summed E-state index contributed by atoms with van der Waals surface area (Å²) in [5.74, 6) is 1.67. The van der Waals surface area contributed by atoms with Gasteiger partial charge in [-0.15, -0.1) is 24.0 Å². The molecule has 0 unspecified atom stereocenters. The van der Waals surface area contributed by atoms with Gasteiger partial charge in [0.2, 0.25) is 5.13 Å². The second-order valence-electron chi connectivity index (χ2n) is 7.16. The smallest absolute Gasteiger partial charge is 0.205 e. The minimum absolute atomic E-state index is 0. The van der Waals surface area contributed by atoms with Crippen LogP contribution in [0.2, 0.25) is 0 Å². The van der Waals surface area contributed by atoms with Crippen molar-refractivity contribution in [2.24, 2.45) is 4.99 Å². The van der Waals surface area contributed by atoms with Gasteiger partial charge in [-0.1, -0.05) is 19.1 Å². The van der Waals surface area contributed by atoms with Crippen LogP contribution in [0.25, 0.3) is 0 Å². The van der Waals surface area contributed by atoms with Crippen LogP contribution in [0.5, 0.6) is 0 Å². The molecule has 2 aromatic rings. The largest absolute Gasteiger partial charge is 0.355 e. The van der Waals surface area contributed by atoms with Crippen molar-refractivity contribution in [3.63, 3.8) is 0 Å². The van der Waals surface area contributed by atoms with Gasteiger partial charge in [-0.2, -0.15) is 4.37 Å². The minimum Gasteiger partial charge on any atom is -0.355 e. The molecule has 1 saturated heterocycles.